The van der Waals surface area contributed by atoms with Crippen molar-refractivity contribution in [3.05, 3.63) is 29.8 Å². The number of likely N-dealkylation sites (N-methyl/N-ethyl adjacent to an activating group) is 1. The van der Waals surface area contributed by atoms with Gasteiger partial charge in [-0.3, -0.25) is 9.69 Å². The molecule has 29 heavy (non-hydrogen) atoms. The molecule has 0 bridgehead atoms. The predicted octanol–water partition coefficient (Wildman–Crippen LogP) is 1.88. The molecule has 0 aromatic heterocycles. The molecule has 1 aliphatic carbocycles. The lowest BCUT2D eigenvalue weighted by molar-refractivity contribution is -0.123. The summed E-state index contributed by atoms with van der Waals surface area (Å²) >= 11 is 0. The van der Waals surface area contributed by atoms with E-state index in [2.05, 4.69) is 34.7 Å². The van der Waals surface area contributed by atoms with Gasteiger partial charge in [0, 0.05) is 25.2 Å². The first kappa shape index (κ1) is 21.4. The minimum absolute atomic E-state index is 0.0532. The van der Waals surface area contributed by atoms with Crippen molar-refractivity contribution in [2.24, 2.45) is 4.99 Å². The van der Waals surface area contributed by atoms with Crippen LogP contribution in [-0.2, 0) is 11.3 Å². The third-order valence-corrected chi connectivity index (χ3v) is 5.39. The maximum atomic E-state index is 11.8. The molecule has 7 heteroatoms. The van der Waals surface area contributed by atoms with Crippen LogP contribution in [0.25, 0.3) is 0 Å². The molecular weight excluding hydrogens is 366 g/mol. The molecule has 1 heterocycles. The average molecular weight is 402 g/mol. The smallest absolute Gasteiger partial charge is 0.258 e. The van der Waals surface area contributed by atoms with Crippen LogP contribution in [0.4, 0.5) is 0 Å². The first-order chi connectivity index (χ1) is 14.2. The lowest BCUT2D eigenvalue weighted by atomic mass is 10.2. The first-order valence-corrected chi connectivity index (χ1v) is 10.9. The van der Waals surface area contributed by atoms with Crippen molar-refractivity contribution >= 4 is 11.9 Å². The Kier molecular flexibility index (Phi) is 8.16. The quantitative estimate of drug-likeness (QED) is 0.412. The van der Waals surface area contributed by atoms with E-state index in [1.807, 2.05) is 24.3 Å². The van der Waals surface area contributed by atoms with Crippen LogP contribution in [0.1, 0.15) is 45.1 Å². The lowest BCUT2D eigenvalue weighted by Crippen LogP contribution is -2.44. The summed E-state index contributed by atoms with van der Waals surface area (Å²) in [5, 5.41) is 9.75. The number of rotatable bonds is 10. The first-order valence-electron chi connectivity index (χ1n) is 10.9. The van der Waals surface area contributed by atoms with Crippen LogP contribution in [0, 0.1) is 0 Å². The molecule has 1 unspecified atom stereocenters. The highest BCUT2D eigenvalue weighted by atomic mass is 16.5. The number of nitrogens with zero attached hydrogens (tertiary/aromatic N) is 2. The molecule has 1 saturated heterocycles. The Morgan fingerprint density at radius 2 is 2.10 bits per heavy atom. The molecule has 0 spiro atoms. The zero-order valence-electron chi connectivity index (χ0n) is 17.7. The number of hydrogen-bond donors (Lipinski definition) is 3. The zero-order chi connectivity index (χ0) is 20.5. The van der Waals surface area contributed by atoms with Crippen LogP contribution in [-0.4, -0.2) is 61.6 Å². The van der Waals surface area contributed by atoms with Gasteiger partial charge in [0.15, 0.2) is 12.6 Å². The Bertz CT molecular complexity index is 690. The van der Waals surface area contributed by atoms with Crippen LogP contribution in [0.5, 0.6) is 5.75 Å². The third-order valence-electron chi connectivity index (χ3n) is 5.39. The van der Waals surface area contributed by atoms with Crippen molar-refractivity contribution in [2.45, 2.75) is 58.2 Å². The van der Waals surface area contributed by atoms with E-state index in [-0.39, 0.29) is 12.5 Å². The normalized spacial score (nSPS) is 19.8. The standard InChI is InChI=1S/C22H35N5O2/c1-3-23-22(25-15-19-8-6-12-27(19)4-2)24-14-17-7-5-9-20(13-17)29-16-21(28)26-18-10-11-18/h5,7,9,13,18-19H,3-4,6,8,10-12,14-16H2,1-2H3,(H,26,28)(H2,23,24,25). The molecule has 160 valence electrons. The second-order valence-electron chi connectivity index (χ2n) is 7.78. The molecule has 1 aromatic rings. The molecule has 3 rings (SSSR count). The number of nitrogens with one attached hydrogen (secondary N) is 3. The number of likely N-dealkylation sites (tertiary alicyclic amines) is 1. The van der Waals surface area contributed by atoms with Crippen molar-refractivity contribution < 1.29 is 9.53 Å². The Morgan fingerprint density at radius 3 is 2.86 bits per heavy atom. The van der Waals surface area contributed by atoms with Crippen molar-refractivity contribution in [3.8, 4) is 5.75 Å². The van der Waals surface area contributed by atoms with E-state index in [0.717, 1.165) is 44.0 Å². The number of aliphatic imine (C=N–C) groups is 1. The highest BCUT2D eigenvalue weighted by molar-refractivity contribution is 5.79. The Morgan fingerprint density at radius 1 is 1.24 bits per heavy atom. The molecule has 2 aliphatic rings. The molecule has 7 nitrogen and oxygen atoms in total. The molecule has 2 fully saturated rings. The minimum Gasteiger partial charge on any atom is -0.484 e. The van der Waals surface area contributed by atoms with Crippen molar-refractivity contribution in [3.63, 3.8) is 0 Å². The van der Waals surface area contributed by atoms with Gasteiger partial charge in [0.25, 0.3) is 5.91 Å². The Hall–Kier alpha value is -2.28. The number of carbonyl (C=O) groups excluding carboxylic acids is 1. The molecule has 0 radical (unpaired) electrons. The molecule has 1 atom stereocenters. The molecule has 1 aromatic carbocycles. The average Bonchev–Trinajstić information content (AvgIpc) is 3.42. The highest BCUT2D eigenvalue weighted by Crippen LogP contribution is 2.19. The van der Waals surface area contributed by atoms with E-state index in [1.54, 1.807) is 0 Å². The highest BCUT2D eigenvalue weighted by Gasteiger charge is 2.23. The molecule has 3 N–H and O–H groups in total. The predicted molar refractivity (Wildman–Crippen MR) is 116 cm³/mol. The summed E-state index contributed by atoms with van der Waals surface area (Å²) < 4.78 is 5.63. The van der Waals surface area contributed by atoms with E-state index in [4.69, 9.17) is 9.73 Å². The monoisotopic (exact) mass is 401 g/mol. The number of amides is 1. The fourth-order valence-corrected chi connectivity index (χ4v) is 3.65. The van der Waals surface area contributed by atoms with E-state index < -0.39 is 0 Å². The molecule has 1 saturated carbocycles. The van der Waals surface area contributed by atoms with Gasteiger partial charge in [0.2, 0.25) is 0 Å². The number of hydrogen-bond acceptors (Lipinski definition) is 4. The van der Waals surface area contributed by atoms with Crippen molar-refractivity contribution in [1.29, 1.82) is 0 Å². The van der Waals surface area contributed by atoms with Gasteiger partial charge < -0.3 is 20.7 Å². The van der Waals surface area contributed by atoms with Gasteiger partial charge in [0.05, 0.1) is 6.54 Å². The van der Waals surface area contributed by atoms with Crippen molar-refractivity contribution in [1.82, 2.24) is 20.9 Å². The Balaban J connectivity index is 1.49. The zero-order valence-corrected chi connectivity index (χ0v) is 17.7. The van der Waals surface area contributed by atoms with Gasteiger partial charge in [-0.25, -0.2) is 4.99 Å². The molecular formula is C22H35N5O2. The fraction of sp³-hybridized carbons (Fsp3) is 0.636. The largest absolute Gasteiger partial charge is 0.484 e. The third kappa shape index (κ3) is 7.24. The van der Waals surface area contributed by atoms with Gasteiger partial charge in [-0.1, -0.05) is 19.1 Å². The van der Waals surface area contributed by atoms with Crippen LogP contribution < -0.4 is 20.7 Å². The summed E-state index contributed by atoms with van der Waals surface area (Å²) in [6.07, 6.45) is 4.69. The SMILES string of the molecule is CCNC(=NCc1cccc(OCC(=O)NC2CC2)c1)NCC1CCCN1CC. The topological polar surface area (TPSA) is 78.0 Å². The van der Waals surface area contributed by atoms with Crippen LogP contribution >= 0.6 is 0 Å². The number of carbonyl (C=O) groups is 1. The number of guanidine groups is 1. The lowest BCUT2D eigenvalue weighted by Gasteiger charge is -2.24. The van der Waals surface area contributed by atoms with E-state index in [1.165, 1.54) is 19.4 Å². The summed E-state index contributed by atoms with van der Waals surface area (Å²) in [5.74, 6) is 1.49. The maximum absolute atomic E-state index is 11.8. The van der Waals surface area contributed by atoms with E-state index >= 15 is 0 Å². The fourth-order valence-electron chi connectivity index (χ4n) is 3.65. The Labute approximate surface area is 174 Å². The van der Waals surface area contributed by atoms with Gasteiger partial charge in [0.1, 0.15) is 5.75 Å². The molecule has 1 aliphatic heterocycles. The molecule has 1 amide bonds. The number of benzene rings is 1. The van der Waals surface area contributed by atoms with Crippen LogP contribution in [0.15, 0.2) is 29.3 Å². The van der Waals surface area contributed by atoms with Gasteiger partial charge in [-0.15, -0.1) is 0 Å². The van der Waals surface area contributed by atoms with Crippen molar-refractivity contribution in [2.75, 3.05) is 32.8 Å². The van der Waals surface area contributed by atoms with Crippen LogP contribution in [0.3, 0.4) is 0 Å². The summed E-state index contributed by atoms with van der Waals surface area (Å²) in [5.41, 5.74) is 1.05. The summed E-state index contributed by atoms with van der Waals surface area (Å²) in [6.45, 7) is 8.96. The van der Waals surface area contributed by atoms with E-state index in [9.17, 15) is 4.79 Å². The second-order valence-corrected chi connectivity index (χ2v) is 7.78. The summed E-state index contributed by atoms with van der Waals surface area (Å²) in [6, 6.07) is 8.74. The minimum atomic E-state index is -0.0532. The van der Waals surface area contributed by atoms with Gasteiger partial charge in [-0.05, 0) is 63.4 Å². The van der Waals surface area contributed by atoms with Gasteiger partial charge in [-0.2, -0.15) is 0 Å². The summed E-state index contributed by atoms with van der Waals surface area (Å²) in [4.78, 5) is 19.0. The number of ether oxygens (including phenoxy) is 1. The van der Waals surface area contributed by atoms with E-state index in [0.29, 0.717) is 24.4 Å². The van der Waals surface area contributed by atoms with Gasteiger partial charge >= 0.3 is 0 Å². The summed E-state index contributed by atoms with van der Waals surface area (Å²) in [7, 11) is 0. The second kappa shape index (κ2) is 11.0. The maximum Gasteiger partial charge on any atom is 0.258 e. The van der Waals surface area contributed by atoms with Crippen LogP contribution in [0.2, 0.25) is 0 Å².